The summed E-state index contributed by atoms with van der Waals surface area (Å²) in [5.74, 6) is 0. The molecule has 0 aromatic carbocycles. The van der Waals surface area contributed by atoms with Crippen molar-refractivity contribution < 1.29 is 5.11 Å². The van der Waals surface area contributed by atoms with E-state index in [4.69, 9.17) is 0 Å². The Bertz CT molecular complexity index is 326. The smallest absolute Gasteiger partial charge is 0.0544 e. The van der Waals surface area contributed by atoms with Crippen LogP contribution < -0.4 is 0 Å². The van der Waals surface area contributed by atoms with Gasteiger partial charge in [-0.05, 0) is 44.9 Å². The van der Waals surface area contributed by atoms with Crippen molar-refractivity contribution in [3.8, 4) is 0 Å². The Hall–Kier alpha value is -0.930. The number of hydrogen-bond donors (Lipinski definition) is 1. The van der Waals surface area contributed by atoms with E-state index in [1.807, 2.05) is 25.3 Å². The number of piperidine rings is 1. The molecule has 0 saturated carbocycles. The Morgan fingerprint density at radius 2 is 2.35 bits per heavy atom. The minimum Gasteiger partial charge on any atom is -0.393 e. The van der Waals surface area contributed by atoms with Gasteiger partial charge in [0.25, 0.3) is 0 Å². The first-order valence-electron chi connectivity index (χ1n) is 6.57. The van der Waals surface area contributed by atoms with Crippen LogP contribution in [0.3, 0.4) is 0 Å². The van der Waals surface area contributed by atoms with Gasteiger partial charge in [-0.1, -0.05) is 12.5 Å². The SMILES string of the molecule is CC(O)CC1CCCCN1Cc1ccccn1. The molecule has 17 heavy (non-hydrogen) atoms. The predicted octanol–water partition coefficient (Wildman–Crippen LogP) is 2.21. The second kappa shape index (κ2) is 6.12. The Morgan fingerprint density at radius 3 is 3.06 bits per heavy atom. The van der Waals surface area contributed by atoms with Crippen LogP contribution in [0.15, 0.2) is 24.4 Å². The third-order valence-corrected chi connectivity index (χ3v) is 3.45. The van der Waals surface area contributed by atoms with Gasteiger partial charge < -0.3 is 5.11 Å². The molecule has 1 N–H and O–H groups in total. The van der Waals surface area contributed by atoms with Crippen LogP contribution in [-0.4, -0.2) is 33.7 Å². The number of aliphatic hydroxyl groups is 1. The minimum atomic E-state index is -0.204. The molecule has 3 heteroatoms. The number of aromatic nitrogens is 1. The number of aliphatic hydroxyl groups excluding tert-OH is 1. The first-order valence-corrected chi connectivity index (χ1v) is 6.57. The van der Waals surface area contributed by atoms with Crippen molar-refractivity contribution in [2.24, 2.45) is 0 Å². The molecule has 1 aromatic heterocycles. The van der Waals surface area contributed by atoms with E-state index in [0.717, 1.165) is 25.2 Å². The van der Waals surface area contributed by atoms with E-state index in [2.05, 4.69) is 16.0 Å². The van der Waals surface area contributed by atoms with Gasteiger partial charge in [-0.25, -0.2) is 0 Å². The van der Waals surface area contributed by atoms with Crippen LogP contribution in [0.25, 0.3) is 0 Å². The molecule has 0 spiro atoms. The standard InChI is InChI=1S/C14H22N2O/c1-12(17)10-14-7-3-5-9-16(14)11-13-6-2-4-8-15-13/h2,4,6,8,12,14,17H,3,5,7,9-11H2,1H3. The summed E-state index contributed by atoms with van der Waals surface area (Å²) in [5, 5.41) is 9.55. The summed E-state index contributed by atoms with van der Waals surface area (Å²) >= 11 is 0. The van der Waals surface area contributed by atoms with Crippen molar-refractivity contribution in [1.29, 1.82) is 0 Å². The quantitative estimate of drug-likeness (QED) is 0.867. The summed E-state index contributed by atoms with van der Waals surface area (Å²) < 4.78 is 0. The molecule has 0 radical (unpaired) electrons. The highest BCUT2D eigenvalue weighted by Crippen LogP contribution is 2.22. The molecular weight excluding hydrogens is 212 g/mol. The van der Waals surface area contributed by atoms with E-state index < -0.39 is 0 Å². The lowest BCUT2D eigenvalue weighted by molar-refractivity contribution is 0.0809. The van der Waals surface area contributed by atoms with E-state index in [9.17, 15) is 5.11 Å². The normalized spacial score (nSPS) is 23.5. The highest BCUT2D eigenvalue weighted by atomic mass is 16.3. The van der Waals surface area contributed by atoms with E-state index >= 15 is 0 Å². The van der Waals surface area contributed by atoms with Gasteiger partial charge in [0.1, 0.15) is 0 Å². The van der Waals surface area contributed by atoms with Gasteiger partial charge in [0.05, 0.1) is 11.8 Å². The van der Waals surface area contributed by atoms with Crippen molar-refractivity contribution in [3.63, 3.8) is 0 Å². The molecule has 2 unspecified atom stereocenters. The fourth-order valence-electron chi connectivity index (χ4n) is 2.63. The molecule has 0 bridgehead atoms. The number of likely N-dealkylation sites (tertiary alicyclic amines) is 1. The minimum absolute atomic E-state index is 0.204. The zero-order valence-electron chi connectivity index (χ0n) is 10.5. The monoisotopic (exact) mass is 234 g/mol. The van der Waals surface area contributed by atoms with Crippen LogP contribution in [0.5, 0.6) is 0 Å². The van der Waals surface area contributed by atoms with E-state index in [1.54, 1.807) is 0 Å². The molecule has 94 valence electrons. The van der Waals surface area contributed by atoms with Crippen molar-refractivity contribution in [2.75, 3.05) is 6.54 Å². The summed E-state index contributed by atoms with van der Waals surface area (Å²) in [4.78, 5) is 6.85. The lowest BCUT2D eigenvalue weighted by Gasteiger charge is -2.36. The van der Waals surface area contributed by atoms with Crippen LogP contribution in [0, 0.1) is 0 Å². The third kappa shape index (κ3) is 3.79. The van der Waals surface area contributed by atoms with Crippen LogP contribution >= 0.6 is 0 Å². The van der Waals surface area contributed by atoms with Crippen molar-refractivity contribution >= 4 is 0 Å². The molecule has 1 aliphatic rings. The molecule has 0 amide bonds. The maximum Gasteiger partial charge on any atom is 0.0544 e. The number of hydrogen-bond acceptors (Lipinski definition) is 3. The molecule has 2 rings (SSSR count). The highest BCUT2D eigenvalue weighted by Gasteiger charge is 2.23. The van der Waals surface area contributed by atoms with Crippen molar-refractivity contribution in [2.45, 2.75) is 51.3 Å². The number of nitrogens with zero attached hydrogens (tertiary/aromatic N) is 2. The Kier molecular flexibility index (Phi) is 4.51. The maximum absolute atomic E-state index is 9.55. The summed E-state index contributed by atoms with van der Waals surface area (Å²) in [5.41, 5.74) is 1.13. The van der Waals surface area contributed by atoms with Gasteiger partial charge in [0, 0.05) is 18.8 Å². The average Bonchev–Trinajstić information content (AvgIpc) is 2.32. The van der Waals surface area contributed by atoms with Crippen molar-refractivity contribution in [1.82, 2.24) is 9.88 Å². The lowest BCUT2D eigenvalue weighted by atomic mass is 9.97. The molecule has 3 nitrogen and oxygen atoms in total. The molecule has 2 heterocycles. The topological polar surface area (TPSA) is 36.4 Å². The lowest BCUT2D eigenvalue weighted by Crippen LogP contribution is -2.40. The first-order chi connectivity index (χ1) is 8.25. The van der Waals surface area contributed by atoms with E-state index in [-0.39, 0.29) is 6.10 Å². The van der Waals surface area contributed by atoms with Gasteiger partial charge in [0.15, 0.2) is 0 Å². The molecule has 1 saturated heterocycles. The van der Waals surface area contributed by atoms with E-state index in [1.165, 1.54) is 19.3 Å². The van der Waals surface area contributed by atoms with Gasteiger partial charge in [-0.2, -0.15) is 0 Å². The largest absolute Gasteiger partial charge is 0.393 e. The highest BCUT2D eigenvalue weighted by molar-refractivity contribution is 5.03. The van der Waals surface area contributed by atoms with Gasteiger partial charge in [0.2, 0.25) is 0 Å². The fourth-order valence-corrected chi connectivity index (χ4v) is 2.63. The molecule has 1 aromatic rings. The Morgan fingerprint density at radius 1 is 1.47 bits per heavy atom. The van der Waals surface area contributed by atoms with E-state index in [0.29, 0.717) is 6.04 Å². The zero-order chi connectivity index (χ0) is 12.1. The number of rotatable bonds is 4. The fraction of sp³-hybridized carbons (Fsp3) is 0.643. The summed E-state index contributed by atoms with van der Waals surface area (Å²) in [7, 11) is 0. The molecule has 2 atom stereocenters. The second-order valence-corrected chi connectivity index (χ2v) is 5.03. The summed E-state index contributed by atoms with van der Waals surface area (Å²) in [6.07, 6.45) is 6.29. The second-order valence-electron chi connectivity index (χ2n) is 5.03. The number of pyridine rings is 1. The van der Waals surface area contributed by atoms with Crippen LogP contribution in [0.2, 0.25) is 0 Å². The van der Waals surface area contributed by atoms with Gasteiger partial charge >= 0.3 is 0 Å². The van der Waals surface area contributed by atoms with Crippen LogP contribution in [0.4, 0.5) is 0 Å². The summed E-state index contributed by atoms with van der Waals surface area (Å²) in [6, 6.07) is 6.59. The van der Waals surface area contributed by atoms with Crippen LogP contribution in [-0.2, 0) is 6.54 Å². The molecule has 0 aliphatic carbocycles. The first kappa shape index (κ1) is 12.5. The van der Waals surface area contributed by atoms with Gasteiger partial charge in [-0.3, -0.25) is 9.88 Å². The third-order valence-electron chi connectivity index (χ3n) is 3.45. The summed E-state index contributed by atoms with van der Waals surface area (Å²) in [6.45, 7) is 3.93. The molecule has 1 fully saturated rings. The maximum atomic E-state index is 9.55. The Labute approximate surface area is 103 Å². The van der Waals surface area contributed by atoms with Gasteiger partial charge in [-0.15, -0.1) is 0 Å². The molecule has 1 aliphatic heterocycles. The molecular formula is C14H22N2O. The average molecular weight is 234 g/mol. The zero-order valence-corrected chi connectivity index (χ0v) is 10.5. The Balaban J connectivity index is 1.96. The predicted molar refractivity (Wildman–Crippen MR) is 68.6 cm³/mol. The van der Waals surface area contributed by atoms with Crippen LogP contribution in [0.1, 0.15) is 38.3 Å². The van der Waals surface area contributed by atoms with Crippen molar-refractivity contribution in [3.05, 3.63) is 30.1 Å².